The molecule has 0 aromatic heterocycles. The Morgan fingerprint density at radius 3 is 2.40 bits per heavy atom. The normalized spacial score (nSPS) is 13.8. The van der Waals surface area contributed by atoms with E-state index < -0.39 is 11.9 Å². The third-order valence-corrected chi connectivity index (χ3v) is 6.72. The number of nitrogens with two attached hydrogens (primary N) is 1. The van der Waals surface area contributed by atoms with E-state index in [0.717, 1.165) is 17.5 Å². The van der Waals surface area contributed by atoms with Gasteiger partial charge in [0.15, 0.2) is 11.5 Å². The van der Waals surface area contributed by atoms with Crippen molar-refractivity contribution in [2.75, 3.05) is 13.7 Å². The zero-order valence-electron chi connectivity index (χ0n) is 23.3. The number of nitrogens with zero attached hydrogens (tertiary/aromatic N) is 1. The molecule has 0 saturated carbocycles. The van der Waals surface area contributed by atoms with Gasteiger partial charge in [-0.2, -0.15) is 5.26 Å². The smallest absolute Gasteiger partial charge is 0.343 e. The Morgan fingerprint density at radius 2 is 1.69 bits per heavy atom. The average Bonchev–Trinajstić information content (AvgIpc) is 3.02. The van der Waals surface area contributed by atoms with Gasteiger partial charge < -0.3 is 29.4 Å². The van der Waals surface area contributed by atoms with Gasteiger partial charge in [0.05, 0.1) is 25.2 Å². The van der Waals surface area contributed by atoms with Crippen LogP contribution in [0.25, 0.3) is 0 Å². The van der Waals surface area contributed by atoms with E-state index in [4.69, 9.17) is 29.4 Å². The molecule has 8 nitrogen and oxygen atoms in total. The maximum absolute atomic E-state index is 12.8. The van der Waals surface area contributed by atoms with Crippen LogP contribution < -0.4 is 29.4 Å². The van der Waals surface area contributed by atoms with Crippen LogP contribution in [0.3, 0.4) is 0 Å². The number of ether oxygens (including phenoxy) is 5. The first kappa shape index (κ1) is 28.1. The van der Waals surface area contributed by atoms with Gasteiger partial charge in [0.25, 0.3) is 0 Å². The van der Waals surface area contributed by atoms with Gasteiger partial charge in [-0.3, -0.25) is 0 Å². The number of methoxy groups -OCH3 is 1. The molecule has 0 amide bonds. The molecule has 1 heterocycles. The van der Waals surface area contributed by atoms with Crippen LogP contribution in [-0.4, -0.2) is 19.7 Å². The van der Waals surface area contributed by atoms with Crippen molar-refractivity contribution in [3.05, 3.63) is 125 Å². The van der Waals surface area contributed by atoms with Crippen molar-refractivity contribution < 1.29 is 28.5 Å². The molecule has 0 radical (unpaired) electrons. The van der Waals surface area contributed by atoms with Crippen LogP contribution in [0.4, 0.5) is 0 Å². The lowest BCUT2D eigenvalue weighted by molar-refractivity contribution is 0.0734. The summed E-state index contributed by atoms with van der Waals surface area (Å²) in [5.41, 5.74) is 9.32. The molecule has 2 N–H and O–H groups in total. The molecule has 1 aliphatic heterocycles. The number of hydrogen-bond donors (Lipinski definition) is 1. The molecule has 1 unspecified atom stereocenters. The van der Waals surface area contributed by atoms with Gasteiger partial charge in [0, 0.05) is 11.6 Å². The second-order valence-electron chi connectivity index (χ2n) is 9.57. The fourth-order valence-electron chi connectivity index (χ4n) is 4.63. The van der Waals surface area contributed by atoms with E-state index in [1.807, 2.05) is 55.5 Å². The number of esters is 1. The minimum atomic E-state index is -0.531. The van der Waals surface area contributed by atoms with E-state index in [0.29, 0.717) is 47.3 Å². The summed E-state index contributed by atoms with van der Waals surface area (Å²) in [6, 6.07) is 29.3. The lowest BCUT2D eigenvalue weighted by Crippen LogP contribution is -2.21. The first-order chi connectivity index (χ1) is 20.5. The van der Waals surface area contributed by atoms with E-state index in [2.05, 4.69) is 6.07 Å². The second kappa shape index (κ2) is 12.8. The molecule has 0 bridgehead atoms. The molecule has 1 aliphatic rings. The van der Waals surface area contributed by atoms with Crippen LogP contribution in [0.1, 0.15) is 46.3 Å². The van der Waals surface area contributed by atoms with E-state index in [1.165, 1.54) is 0 Å². The van der Waals surface area contributed by atoms with Crippen LogP contribution in [0.5, 0.6) is 28.7 Å². The summed E-state index contributed by atoms with van der Waals surface area (Å²) in [7, 11) is 1.56. The Kier molecular flexibility index (Phi) is 8.59. The average molecular weight is 563 g/mol. The quantitative estimate of drug-likeness (QED) is 0.172. The summed E-state index contributed by atoms with van der Waals surface area (Å²) in [5.74, 6) is 1.35. The summed E-state index contributed by atoms with van der Waals surface area (Å²) in [6.07, 6.45) is 0.892. The fourth-order valence-corrected chi connectivity index (χ4v) is 4.63. The lowest BCUT2D eigenvalue weighted by Gasteiger charge is -2.27. The summed E-state index contributed by atoms with van der Waals surface area (Å²) < 4.78 is 28.6. The Balaban J connectivity index is 1.38. The number of benzene rings is 4. The van der Waals surface area contributed by atoms with E-state index >= 15 is 0 Å². The lowest BCUT2D eigenvalue weighted by atomic mass is 9.83. The number of carbonyl (C=O) groups is 1. The first-order valence-corrected chi connectivity index (χ1v) is 13.5. The molecule has 4 aromatic rings. The van der Waals surface area contributed by atoms with Crippen molar-refractivity contribution >= 4 is 5.97 Å². The minimum Gasteiger partial charge on any atom is -0.494 e. The summed E-state index contributed by atoms with van der Waals surface area (Å²) in [6.45, 7) is 3.01. The van der Waals surface area contributed by atoms with Crippen molar-refractivity contribution in [2.24, 2.45) is 5.73 Å². The Bertz CT molecular complexity index is 1640. The predicted molar refractivity (Wildman–Crippen MR) is 157 cm³/mol. The van der Waals surface area contributed by atoms with Crippen molar-refractivity contribution in [2.45, 2.75) is 25.9 Å². The zero-order chi connectivity index (χ0) is 29.5. The molecule has 0 spiro atoms. The van der Waals surface area contributed by atoms with Crippen molar-refractivity contribution in [3.8, 4) is 34.8 Å². The van der Waals surface area contributed by atoms with Gasteiger partial charge in [-0.15, -0.1) is 0 Å². The van der Waals surface area contributed by atoms with Gasteiger partial charge in [-0.1, -0.05) is 49.4 Å². The number of nitriles is 1. The van der Waals surface area contributed by atoms with Gasteiger partial charge in [-0.25, -0.2) is 4.79 Å². The highest BCUT2D eigenvalue weighted by Gasteiger charge is 2.32. The Hall–Kier alpha value is -5.42. The number of rotatable bonds is 10. The molecule has 0 aliphatic carbocycles. The third kappa shape index (κ3) is 6.16. The predicted octanol–water partition coefficient (Wildman–Crippen LogP) is 6.50. The topological polar surface area (TPSA) is 113 Å². The largest absolute Gasteiger partial charge is 0.494 e. The van der Waals surface area contributed by atoms with E-state index in [-0.39, 0.29) is 17.2 Å². The molecule has 4 aromatic carbocycles. The Labute approximate surface area is 244 Å². The number of hydrogen-bond acceptors (Lipinski definition) is 8. The van der Waals surface area contributed by atoms with Crippen LogP contribution >= 0.6 is 0 Å². The highest BCUT2D eigenvalue weighted by atomic mass is 16.5. The van der Waals surface area contributed by atoms with Gasteiger partial charge in [0.2, 0.25) is 5.88 Å². The first-order valence-electron chi connectivity index (χ1n) is 13.5. The number of fused-ring (bicyclic) bond motifs is 1. The molecule has 42 heavy (non-hydrogen) atoms. The monoisotopic (exact) mass is 562 g/mol. The van der Waals surface area contributed by atoms with Crippen LogP contribution in [0.2, 0.25) is 0 Å². The highest BCUT2D eigenvalue weighted by Crippen LogP contribution is 2.45. The zero-order valence-corrected chi connectivity index (χ0v) is 23.3. The maximum Gasteiger partial charge on any atom is 0.343 e. The Morgan fingerprint density at radius 1 is 0.929 bits per heavy atom. The molecule has 1 atom stereocenters. The maximum atomic E-state index is 12.8. The second-order valence-corrected chi connectivity index (χ2v) is 9.57. The van der Waals surface area contributed by atoms with Crippen LogP contribution in [-0.2, 0) is 6.61 Å². The van der Waals surface area contributed by atoms with Crippen molar-refractivity contribution in [1.29, 1.82) is 5.26 Å². The van der Waals surface area contributed by atoms with E-state index in [9.17, 15) is 10.1 Å². The van der Waals surface area contributed by atoms with Crippen molar-refractivity contribution in [3.63, 3.8) is 0 Å². The molecule has 0 saturated heterocycles. The van der Waals surface area contributed by atoms with Crippen LogP contribution in [0.15, 0.2) is 102 Å². The third-order valence-electron chi connectivity index (χ3n) is 6.72. The van der Waals surface area contributed by atoms with E-state index in [1.54, 1.807) is 49.6 Å². The van der Waals surface area contributed by atoms with Crippen molar-refractivity contribution in [1.82, 2.24) is 0 Å². The van der Waals surface area contributed by atoms with Gasteiger partial charge in [0.1, 0.15) is 35.5 Å². The molecular formula is C34H30N2O6. The van der Waals surface area contributed by atoms with Gasteiger partial charge >= 0.3 is 5.97 Å². The standard InChI is InChI=1S/C34H30N2O6/c1-3-17-39-25-12-9-23(10-13-25)34(37)41-26-14-15-27-30(19-26)42-33(36)28(20-35)32(27)24-11-16-29(31(18-24)38-2)40-21-22-7-5-4-6-8-22/h4-16,18-19,32H,3,17,21,36H2,1-2H3. The molecular weight excluding hydrogens is 532 g/mol. The minimum absolute atomic E-state index is 0.0236. The van der Waals surface area contributed by atoms with Gasteiger partial charge in [-0.05, 0) is 60.0 Å². The molecule has 0 fully saturated rings. The highest BCUT2D eigenvalue weighted by molar-refractivity contribution is 5.91. The summed E-state index contributed by atoms with van der Waals surface area (Å²) in [4.78, 5) is 12.8. The summed E-state index contributed by atoms with van der Waals surface area (Å²) >= 11 is 0. The number of allylic oxidation sites excluding steroid dienone is 1. The summed E-state index contributed by atoms with van der Waals surface area (Å²) in [5, 5.41) is 9.97. The molecule has 5 rings (SSSR count). The SMILES string of the molecule is CCCOc1ccc(C(=O)Oc2ccc3c(c2)OC(N)=C(C#N)C3c2ccc(OCc3ccccc3)c(OC)c2)cc1. The fraction of sp³-hybridized carbons (Fsp3) is 0.176. The molecule has 212 valence electrons. The van der Waals surface area contributed by atoms with Crippen LogP contribution in [0, 0.1) is 11.3 Å². The molecule has 8 heteroatoms. The number of carbonyl (C=O) groups excluding carboxylic acids is 1.